The number of nitrogens with two attached hydrogens (primary N) is 1. The van der Waals surface area contributed by atoms with Crippen LogP contribution in [-0.4, -0.2) is 122 Å². The highest BCUT2D eigenvalue weighted by Crippen LogP contribution is 2.36. The van der Waals surface area contributed by atoms with Gasteiger partial charge in [0.15, 0.2) is 69.7 Å². The molecule has 0 radical (unpaired) electrons. The van der Waals surface area contributed by atoms with Gasteiger partial charge in [-0.1, -0.05) is 76.2 Å². The predicted molar refractivity (Wildman–Crippen MR) is 466 cm³/mol. The van der Waals surface area contributed by atoms with Crippen LogP contribution in [0, 0.1) is 67.3 Å². The number of pyridine rings is 8. The molecule has 0 aliphatic rings. The van der Waals surface area contributed by atoms with Gasteiger partial charge in [-0.15, -0.1) is 0 Å². The first-order valence-electron chi connectivity index (χ1n) is 40.2. The Morgan fingerprint density at radius 1 is 0.317 bits per heavy atom. The smallest absolute Gasteiger partial charge is 0.226 e. The van der Waals surface area contributed by atoms with E-state index in [0.717, 1.165) is 58.9 Å². The summed E-state index contributed by atoms with van der Waals surface area (Å²) in [6.45, 7) is 12.3. The fourth-order valence-electron chi connectivity index (χ4n) is 12.9. The second-order valence-corrected chi connectivity index (χ2v) is 29.0. The second kappa shape index (κ2) is 44.7. The molecule has 652 valence electrons. The van der Waals surface area contributed by atoms with E-state index < -0.39 is 46.5 Å². The number of ether oxygens (including phenoxy) is 1. The molecule has 2 N–H and O–H groups in total. The van der Waals surface area contributed by atoms with Gasteiger partial charge >= 0.3 is 0 Å². The number of nitrogen functional groups attached to an aromatic ring is 1. The zero-order valence-corrected chi connectivity index (χ0v) is 71.5. The van der Waals surface area contributed by atoms with Crippen LogP contribution >= 0.6 is 0 Å². The number of anilines is 5. The molecule has 8 aromatic heterocycles. The van der Waals surface area contributed by atoms with Crippen molar-refractivity contribution in [3.8, 4) is 50.4 Å². The van der Waals surface area contributed by atoms with E-state index in [1.54, 1.807) is 64.5 Å². The average Bonchev–Trinajstić information content (AvgIpc) is 0.808. The van der Waals surface area contributed by atoms with E-state index >= 15 is 0 Å². The van der Waals surface area contributed by atoms with Crippen molar-refractivity contribution in [3.63, 3.8) is 0 Å². The van der Waals surface area contributed by atoms with Crippen molar-refractivity contribution < 1.29 is 78.2 Å². The normalized spacial score (nSPS) is 10.7. The molecule has 22 nitrogen and oxygen atoms in total. The molecule has 0 fully saturated rings. The molecule has 12 aromatic rings. The summed E-state index contributed by atoms with van der Waals surface area (Å²) < 4.78 is 122. The van der Waals surface area contributed by atoms with E-state index in [-0.39, 0.29) is 166 Å². The molecule has 126 heavy (non-hydrogen) atoms. The van der Waals surface area contributed by atoms with E-state index in [4.69, 9.17) is 10.5 Å². The number of rotatable bonds is 29. The lowest BCUT2D eigenvalue weighted by Gasteiger charge is -2.18. The Kier molecular flexibility index (Phi) is 33.8. The van der Waals surface area contributed by atoms with Gasteiger partial charge in [0.1, 0.15) is 28.6 Å². The lowest BCUT2D eigenvalue weighted by molar-refractivity contribution is -0.118. The quantitative estimate of drug-likeness (QED) is 0.0336. The van der Waals surface area contributed by atoms with Gasteiger partial charge in [-0.25, -0.2) is 45.1 Å². The van der Waals surface area contributed by atoms with Crippen LogP contribution in [0.2, 0.25) is 0 Å². The molecule has 0 atom stereocenters. The van der Waals surface area contributed by atoms with Crippen molar-refractivity contribution in [1.29, 1.82) is 0 Å². The summed E-state index contributed by atoms with van der Waals surface area (Å²) in [6, 6.07) is 37.8. The molecule has 4 amide bonds. The fraction of sp³-hybridized carbons (Fsp3) is 0.250. The topological polar surface area (TPSA) is 288 Å². The monoisotopic (exact) mass is 1720 g/mol. The van der Waals surface area contributed by atoms with Gasteiger partial charge in [0.25, 0.3) is 0 Å². The summed E-state index contributed by atoms with van der Waals surface area (Å²) in [6.07, 6.45) is 14.1. The first kappa shape index (κ1) is 95.5. The summed E-state index contributed by atoms with van der Waals surface area (Å²) in [4.78, 5) is 134. The third kappa shape index (κ3) is 24.3. The Hall–Kier alpha value is -14.3. The number of carbonyl (C=O) groups excluding carboxylic acids is 8. The van der Waals surface area contributed by atoms with Crippen LogP contribution in [0.1, 0.15) is 160 Å². The molecule has 8 heterocycles. The molecule has 0 saturated carbocycles. The molecule has 0 spiro atoms. The van der Waals surface area contributed by atoms with Gasteiger partial charge in [-0.05, 0) is 160 Å². The highest BCUT2D eigenvalue weighted by atomic mass is 19.2. The first-order chi connectivity index (χ1) is 60.2. The first-order valence-corrected chi connectivity index (χ1v) is 40.2. The zero-order chi connectivity index (χ0) is 91.8. The summed E-state index contributed by atoms with van der Waals surface area (Å²) in [5.74, 6) is -9.75. The molecule has 0 unspecified atom stereocenters. The standard InChI is InChI=1S/C25H25F2N3O2.C24H23F2N3O3.C24H23F2N3O2.C23H22F2N4O2/c1-5-23(32)30(4)21-12-10-19(24(26)25(21)27)18-8-11-20(28-14-18)22(31)13-9-17-7-6-15(2)29-16(17)3;1-4-22(31)29(2)19-10-8-17(23(25)24(19)26)16-7-9-18(27-14-16)20(30)11-5-15-6-12-21(32-3)28-13-15;1-4-22(31)29(3)20-11-9-18(23(25)24(20)26)17-8-10-19(28-14-17)21(30)12-7-16-6-5-15(2)27-13-16;1-3-21(31)29(2)18-9-7-16(22(24)23(18)25)15-6-8-17(27-13-15)19(30)10-4-14-5-11-20(26)28-12-14/h6-8,10-12,14H,5,9,13H2,1-4H3;6-10,12-14H,4-5,11H2,1-3H3;5-6,8-11,13-14H,4,7,12H2,1-3H3;5-9,11-13H,3-4,10H2,1-2H3,(H2,26,28). The Labute approximate surface area is 724 Å². The van der Waals surface area contributed by atoms with Crippen molar-refractivity contribution in [2.45, 2.75) is 126 Å². The maximum absolute atomic E-state index is 14.7. The molecular weight excluding hydrogens is 1630 g/mol. The van der Waals surface area contributed by atoms with Crippen LogP contribution in [0.3, 0.4) is 0 Å². The van der Waals surface area contributed by atoms with Crippen LogP contribution in [0.25, 0.3) is 44.5 Å². The Morgan fingerprint density at radius 3 is 0.865 bits per heavy atom. The van der Waals surface area contributed by atoms with Gasteiger partial charge < -0.3 is 30.1 Å². The number of amides is 4. The lowest BCUT2D eigenvalue weighted by Crippen LogP contribution is -2.26. The highest BCUT2D eigenvalue weighted by molar-refractivity contribution is 5.99. The number of aromatic nitrogens is 8. The van der Waals surface area contributed by atoms with Crippen molar-refractivity contribution in [3.05, 3.63) is 298 Å². The number of benzene rings is 4. The van der Waals surface area contributed by atoms with Crippen LogP contribution < -0.4 is 30.1 Å². The zero-order valence-electron chi connectivity index (χ0n) is 71.5. The maximum atomic E-state index is 14.7. The molecule has 0 aliphatic carbocycles. The molecule has 0 aliphatic heterocycles. The second-order valence-electron chi connectivity index (χ2n) is 29.0. The van der Waals surface area contributed by atoms with E-state index in [1.165, 1.54) is 157 Å². The SMILES string of the molecule is CCC(=O)N(C)c1ccc(-c2ccc(C(=O)CCc3ccc(C)nc3)nc2)c(F)c1F.CCC(=O)N(C)c1ccc(-c2ccc(C(=O)CCc3ccc(C)nc3C)nc2)c(F)c1F.CCC(=O)N(C)c1ccc(-c2ccc(C(=O)CCc3ccc(N)nc3)nc2)c(F)c1F.CCC(=O)N(C)c1ccc(-c2ccc(C(=O)CCc3ccc(OC)nc3)nc2)c(F)c1F. The molecule has 30 heteroatoms. The number of aryl methyl sites for hydroxylation is 7. The molecule has 12 rings (SSSR count). The van der Waals surface area contributed by atoms with Crippen LogP contribution in [0.5, 0.6) is 5.88 Å². The maximum Gasteiger partial charge on any atom is 0.226 e. The van der Waals surface area contributed by atoms with Gasteiger partial charge in [0, 0.05) is 191 Å². The molecule has 0 bridgehead atoms. The third-order valence-corrected chi connectivity index (χ3v) is 20.5. The van der Waals surface area contributed by atoms with Crippen LogP contribution in [0.4, 0.5) is 63.7 Å². The largest absolute Gasteiger partial charge is 0.481 e. The number of hydrogen-bond acceptors (Lipinski definition) is 18. The summed E-state index contributed by atoms with van der Waals surface area (Å²) >= 11 is 0. The van der Waals surface area contributed by atoms with Crippen molar-refractivity contribution >= 4 is 75.3 Å². The average molecular weight is 1720 g/mol. The minimum atomic E-state index is -1.11. The van der Waals surface area contributed by atoms with Gasteiger partial charge in [-0.2, -0.15) is 0 Å². The summed E-state index contributed by atoms with van der Waals surface area (Å²) in [5, 5.41) is 0. The number of halogens is 8. The van der Waals surface area contributed by atoms with Crippen molar-refractivity contribution in [2.24, 2.45) is 0 Å². The number of methoxy groups -OCH3 is 1. The highest BCUT2D eigenvalue weighted by Gasteiger charge is 2.27. The van der Waals surface area contributed by atoms with E-state index in [9.17, 15) is 73.5 Å². The minimum Gasteiger partial charge on any atom is -0.481 e. The van der Waals surface area contributed by atoms with E-state index in [1.807, 2.05) is 51.1 Å². The third-order valence-electron chi connectivity index (χ3n) is 20.5. The predicted octanol–water partition coefficient (Wildman–Crippen LogP) is 19.0. The number of Topliss-reactive ketones (excluding diaryl/α,β-unsaturated/α-hetero) is 4. The Morgan fingerprint density at radius 2 is 0.611 bits per heavy atom. The van der Waals surface area contributed by atoms with Gasteiger partial charge in [-0.3, -0.25) is 68.3 Å². The number of hydrogen-bond donors (Lipinski definition) is 1. The number of nitrogens with zero attached hydrogens (tertiary/aromatic N) is 12. The van der Waals surface area contributed by atoms with Crippen LogP contribution in [-0.2, 0) is 44.9 Å². The Balaban J connectivity index is 0.000000190. The van der Waals surface area contributed by atoms with Gasteiger partial charge in [0.05, 0.1) is 29.9 Å². The van der Waals surface area contributed by atoms with Crippen molar-refractivity contribution in [2.75, 3.05) is 60.6 Å². The summed E-state index contributed by atoms with van der Waals surface area (Å²) in [5.41, 5.74) is 13.8. The molecule has 0 saturated heterocycles. The Bertz CT molecular complexity index is 5740. The minimum absolute atomic E-state index is 0.000552. The molecule has 4 aromatic carbocycles. The number of carbonyl (C=O) groups is 8. The van der Waals surface area contributed by atoms with Crippen LogP contribution in [0.15, 0.2) is 189 Å². The molecular formula is C96H93F8N13O9. The van der Waals surface area contributed by atoms with E-state index in [0.29, 0.717) is 59.6 Å². The number of ketones is 4. The van der Waals surface area contributed by atoms with Crippen molar-refractivity contribution in [1.82, 2.24) is 39.9 Å². The van der Waals surface area contributed by atoms with E-state index in [2.05, 4.69) is 39.9 Å². The van der Waals surface area contributed by atoms with Gasteiger partial charge in [0.2, 0.25) is 29.5 Å². The lowest BCUT2D eigenvalue weighted by atomic mass is 10.0. The summed E-state index contributed by atoms with van der Waals surface area (Å²) in [7, 11) is 7.12. The fourth-order valence-corrected chi connectivity index (χ4v) is 12.9.